The number of nitrogens with zero attached hydrogens (tertiary/aromatic N) is 3. The monoisotopic (exact) mass is 422 g/mol. The maximum absolute atomic E-state index is 4.91. The van der Waals surface area contributed by atoms with Crippen LogP contribution >= 0.6 is 0 Å². The molecule has 1 aliphatic rings. The summed E-state index contributed by atoms with van der Waals surface area (Å²) in [5.74, 6) is 0.963. The lowest BCUT2D eigenvalue weighted by atomic mass is 9.96. The van der Waals surface area contributed by atoms with Crippen molar-refractivity contribution < 1.29 is 0 Å². The first kappa shape index (κ1) is 20.7. The second-order valence-corrected chi connectivity index (χ2v) is 8.56. The Hall–Kier alpha value is -3.21. The van der Waals surface area contributed by atoms with Gasteiger partial charge in [-0.2, -0.15) is 0 Å². The zero-order valence-corrected chi connectivity index (χ0v) is 18.6. The molecule has 0 aliphatic carbocycles. The molecule has 0 unspecified atom stereocenters. The maximum atomic E-state index is 4.91. The fourth-order valence-electron chi connectivity index (χ4n) is 4.66. The first-order valence-electron chi connectivity index (χ1n) is 11.4. The number of aromatic amines is 1. The van der Waals surface area contributed by atoms with Gasteiger partial charge in [0, 0.05) is 44.0 Å². The maximum Gasteiger partial charge on any atom is 0.137 e. The molecule has 1 aromatic heterocycles. The van der Waals surface area contributed by atoms with Crippen molar-refractivity contribution in [3.8, 4) is 11.4 Å². The first-order valence-corrected chi connectivity index (χ1v) is 11.4. The van der Waals surface area contributed by atoms with E-state index in [-0.39, 0.29) is 0 Å². The molecule has 1 aliphatic heterocycles. The predicted octanol–water partition coefficient (Wildman–Crippen LogP) is 5.29. The molecule has 1 fully saturated rings. The summed E-state index contributed by atoms with van der Waals surface area (Å²) < 4.78 is 0. The van der Waals surface area contributed by atoms with E-state index in [9.17, 15) is 0 Å². The van der Waals surface area contributed by atoms with Crippen molar-refractivity contribution in [3.05, 3.63) is 114 Å². The highest BCUT2D eigenvalue weighted by Crippen LogP contribution is 2.29. The second kappa shape index (κ2) is 9.51. The molecule has 0 spiro atoms. The third-order valence-corrected chi connectivity index (χ3v) is 6.41. The van der Waals surface area contributed by atoms with Gasteiger partial charge in [0.25, 0.3) is 0 Å². The van der Waals surface area contributed by atoms with Crippen LogP contribution in [0.5, 0.6) is 0 Å². The van der Waals surface area contributed by atoms with Crippen LogP contribution in [0.4, 0.5) is 0 Å². The molecular formula is C28H30N4. The van der Waals surface area contributed by atoms with Gasteiger partial charge in [-0.15, -0.1) is 0 Å². The lowest BCUT2D eigenvalue weighted by Gasteiger charge is -2.39. The molecule has 1 N–H and O–H groups in total. The van der Waals surface area contributed by atoms with Crippen LogP contribution in [0.15, 0.2) is 91.0 Å². The van der Waals surface area contributed by atoms with Crippen molar-refractivity contribution >= 4 is 0 Å². The Morgan fingerprint density at radius 1 is 0.750 bits per heavy atom. The van der Waals surface area contributed by atoms with E-state index in [0.29, 0.717) is 6.04 Å². The van der Waals surface area contributed by atoms with Crippen molar-refractivity contribution in [1.29, 1.82) is 0 Å². The van der Waals surface area contributed by atoms with E-state index < -0.39 is 0 Å². The van der Waals surface area contributed by atoms with Gasteiger partial charge in [-0.1, -0.05) is 91.0 Å². The number of aromatic nitrogens is 2. The quantitative estimate of drug-likeness (QED) is 0.458. The Morgan fingerprint density at radius 3 is 1.84 bits per heavy atom. The van der Waals surface area contributed by atoms with Crippen molar-refractivity contribution in [3.63, 3.8) is 0 Å². The molecule has 3 aromatic carbocycles. The molecule has 2 heterocycles. The minimum Gasteiger partial charge on any atom is -0.342 e. The summed E-state index contributed by atoms with van der Waals surface area (Å²) in [6.45, 7) is 7.20. The summed E-state index contributed by atoms with van der Waals surface area (Å²) in [6, 6.07) is 32.4. The summed E-state index contributed by atoms with van der Waals surface area (Å²) in [6.07, 6.45) is 0. The first-order chi connectivity index (χ1) is 15.8. The number of aryl methyl sites for hydroxylation is 1. The number of piperazine rings is 1. The number of benzene rings is 3. The van der Waals surface area contributed by atoms with Crippen LogP contribution < -0.4 is 0 Å². The molecule has 0 saturated carbocycles. The normalized spacial score (nSPS) is 15.3. The number of hydrogen-bond acceptors (Lipinski definition) is 3. The molecule has 0 atom stereocenters. The summed E-state index contributed by atoms with van der Waals surface area (Å²) in [5, 5.41) is 0. The van der Waals surface area contributed by atoms with E-state index in [4.69, 9.17) is 4.98 Å². The van der Waals surface area contributed by atoms with Crippen LogP contribution in [0, 0.1) is 6.92 Å². The van der Waals surface area contributed by atoms with Gasteiger partial charge in [0.15, 0.2) is 0 Å². The van der Waals surface area contributed by atoms with Crippen LogP contribution in [0.25, 0.3) is 11.4 Å². The summed E-state index contributed by atoms with van der Waals surface area (Å²) in [5.41, 5.74) is 6.18. The summed E-state index contributed by atoms with van der Waals surface area (Å²) in [4.78, 5) is 13.5. The van der Waals surface area contributed by atoms with Crippen LogP contribution in [0.1, 0.15) is 28.6 Å². The van der Waals surface area contributed by atoms with Gasteiger partial charge in [-0.25, -0.2) is 4.98 Å². The van der Waals surface area contributed by atoms with E-state index >= 15 is 0 Å². The lowest BCUT2D eigenvalue weighted by molar-refractivity contribution is 0.104. The fraction of sp³-hybridized carbons (Fsp3) is 0.250. The highest BCUT2D eigenvalue weighted by molar-refractivity contribution is 5.55. The van der Waals surface area contributed by atoms with E-state index in [1.165, 1.54) is 11.1 Å². The van der Waals surface area contributed by atoms with Crippen LogP contribution in [0.3, 0.4) is 0 Å². The van der Waals surface area contributed by atoms with Crippen molar-refractivity contribution in [1.82, 2.24) is 19.8 Å². The van der Waals surface area contributed by atoms with Crippen molar-refractivity contribution in [2.45, 2.75) is 19.5 Å². The SMILES string of the molecule is Cc1[nH]c(-c2ccccc2)nc1CN1CCN(C(c2ccccc2)c2ccccc2)CC1. The fourth-order valence-corrected chi connectivity index (χ4v) is 4.66. The zero-order chi connectivity index (χ0) is 21.8. The molecule has 4 heteroatoms. The minimum atomic E-state index is 0.302. The molecule has 162 valence electrons. The molecule has 0 radical (unpaired) electrons. The number of hydrogen-bond donors (Lipinski definition) is 1. The number of rotatable bonds is 6. The van der Waals surface area contributed by atoms with E-state index in [2.05, 4.69) is 107 Å². The van der Waals surface area contributed by atoms with Gasteiger partial charge in [-0.3, -0.25) is 9.80 Å². The van der Waals surface area contributed by atoms with Gasteiger partial charge in [0.2, 0.25) is 0 Å². The molecule has 4 nitrogen and oxygen atoms in total. The highest BCUT2D eigenvalue weighted by atomic mass is 15.3. The van der Waals surface area contributed by atoms with Crippen molar-refractivity contribution in [2.75, 3.05) is 26.2 Å². The average molecular weight is 423 g/mol. The average Bonchev–Trinajstić information content (AvgIpc) is 3.22. The Bertz CT molecular complexity index is 1070. The van der Waals surface area contributed by atoms with Gasteiger partial charge in [-0.05, 0) is 18.1 Å². The number of imidazole rings is 1. The van der Waals surface area contributed by atoms with E-state index in [1.807, 2.05) is 6.07 Å². The Balaban J connectivity index is 1.28. The largest absolute Gasteiger partial charge is 0.342 e. The van der Waals surface area contributed by atoms with Gasteiger partial charge in [0.05, 0.1) is 11.7 Å². The Labute approximate surface area is 190 Å². The van der Waals surface area contributed by atoms with E-state index in [1.54, 1.807) is 0 Å². The van der Waals surface area contributed by atoms with Gasteiger partial charge >= 0.3 is 0 Å². The molecule has 4 aromatic rings. The minimum absolute atomic E-state index is 0.302. The summed E-state index contributed by atoms with van der Waals surface area (Å²) in [7, 11) is 0. The molecule has 0 bridgehead atoms. The third kappa shape index (κ3) is 4.52. The molecule has 32 heavy (non-hydrogen) atoms. The molecule has 5 rings (SSSR count). The van der Waals surface area contributed by atoms with Gasteiger partial charge in [0.1, 0.15) is 5.82 Å². The topological polar surface area (TPSA) is 35.2 Å². The predicted molar refractivity (Wildman–Crippen MR) is 130 cm³/mol. The molecule has 0 amide bonds. The van der Waals surface area contributed by atoms with Crippen LogP contribution in [-0.2, 0) is 6.54 Å². The summed E-state index contributed by atoms with van der Waals surface area (Å²) >= 11 is 0. The van der Waals surface area contributed by atoms with E-state index in [0.717, 1.165) is 55.5 Å². The van der Waals surface area contributed by atoms with Crippen molar-refractivity contribution in [2.24, 2.45) is 0 Å². The number of H-pyrrole nitrogens is 1. The third-order valence-electron chi connectivity index (χ3n) is 6.41. The Kier molecular flexibility index (Phi) is 6.15. The smallest absolute Gasteiger partial charge is 0.137 e. The van der Waals surface area contributed by atoms with Gasteiger partial charge < -0.3 is 4.98 Å². The molecule has 1 saturated heterocycles. The second-order valence-electron chi connectivity index (χ2n) is 8.56. The zero-order valence-electron chi connectivity index (χ0n) is 18.6. The standard InChI is InChI=1S/C28H30N4/c1-22-26(30-28(29-22)25-15-9-4-10-16-25)21-31-17-19-32(20-18-31)27(23-11-5-2-6-12-23)24-13-7-3-8-14-24/h2-16,27H,17-21H2,1H3,(H,29,30). The Morgan fingerprint density at radius 2 is 1.28 bits per heavy atom. The van der Waals surface area contributed by atoms with Crippen LogP contribution in [0.2, 0.25) is 0 Å². The number of nitrogens with one attached hydrogen (secondary N) is 1. The lowest BCUT2D eigenvalue weighted by Crippen LogP contribution is -2.47. The molecular weight excluding hydrogens is 392 g/mol. The van der Waals surface area contributed by atoms with Crippen LogP contribution in [-0.4, -0.2) is 45.9 Å². The highest BCUT2D eigenvalue weighted by Gasteiger charge is 2.26.